The van der Waals surface area contributed by atoms with Crippen molar-refractivity contribution in [3.63, 3.8) is 0 Å². The Hall–Kier alpha value is -2.08. The Morgan fingerprint density at radius 1 is 0.679 bits per heavy atom. The number of esters is 2. The molecule has 1 fully saturated rings. The maximum atomic E-state index is 12.6. The highest BCUT2D eigenvalue weighted by Gasteiger charge is 2.36. The first-order chi connectivity index (χ1) is 25.6. The van der Waals surface area contributed by atoms with Crippen LogP contribution < -0.4 is 5.73 Å². The Morgan fingerprint density at radius 3 is 1.83 bits per heavy atom. The van der Waals surface area contributed by atoms with Gasteiger partial charge in [-0.1, -0.05) is 115 Å². The summed E-state index contributed by atoms with van der Waals surface area (Å²) in [5.74, 6) is -2.42. The van der Waals surface area contributed by atoms with Crippen molar-refractivity contribution in [1.29, 1.82) is 0 Å². The summed E-state index contributed by atoms with van der Waals surface area (Å²) in [6.45, 7) is 2.71. The quantitative estimate of drug-likeness (QED) is 0.0179. The summed E-state index contributed by atoms with van der Waals surface area (Å²) >= 11 is 0. The molecular formula is C40H72NO11P. The average molecular weight is 774 g/mol. The zero-order valence-corrected chi connectivity index (χ0v) is 33.7. The number of phosphoric ester groups is 1. The lowest BCUT2D eigenvalue weighted by atomic mass is 10.1. The summed E-state index contributed by atoms with van der Waals surface area (Å²) in [6, 6.07) is -1.53. The molecule has 0 amide bonds. The van der Waals surface area contributed by atoms with Gasteiger partial charge in [-0.05, 0) is 64.2 Å². The predicted octanol–water partition coefficient (Wildman–Crippen LogP) is 9.27. The number of unbranched alkanes of at least 4 members (excludes halogenated alkanes) is 16. The van der Waals surface area contributed by atoms with E-state index in [4.69, 9.17) is 29.6 Å². The predicted molar refractivity (Wildman–Crippen MR) is 207 cm³/mol. The second kappa shape index (κ2) is 32.2. The molecule has 0 spiro atoms. The van der Waals surface area contributed by atoms with E-state index in [0.29, 0.717) is 25.0 Å². The molecule has 4 N–H and O–H groups in total. The molecule has 0 aliphatic carbocycles. The van der Waals surface area contributed by atoms with Gasteiger partial charge < -0.3 is 29.9 Å². The molecule has 53 heavy (non-hydrogen) atoms. The smallest absolute Gasteiger partial charge is 0.472 e. The number of rotatable bonds is 37. The topological polar surface area (TPSA) is 184 Å². The molecule has 0 aromatic heterocycles. The third-order valence-electron chi connectivity index (χ3n) is 9.10. The van der Waals surface area contributed by atoms with E-state index in [1.165, 1.54) is 44.9 Å². The monoisotopic (exact) mass is 773 g/mol. The fraction of sp³-hybridized carbons (Fsp3) is 0.825. The Morgan fingerprint density at radius 2 is 1.19 bits per heavy atom. The second-order valence-corrected chi connectivity index (χ2v) is 15.6. The van der Waals surface area contributed by atoms with Gasteiger partial charge in [0.2, 0.25) is 0 Å². The minimum atomic E-state index is -4.72. The van der Waals surface area contributed by atoms with Crippen LogP contribution in [0.4, 0.5) is 0 Å². The van der Waals surface area contributed by atoms with E-state index in [1.807, 2.05) is 0 Å². The summed E-state index contributed by atoms with van der Waals surface area (Å²) in [7, 11) is -4.72. The summed E-state index contributed by atoms with van der Waals surface area (Å²) in [4.78, 5) is 45.9. The highest BCUT2D eigenvalue weighted by Crippen LogP contribution is 2.43. The zero-order chi connectivity index (χ0) is 39.0. The lowest BCUT2D eigenvalue weighted by Gasteiger charge is -2.20. The van der Waals surface area contributed by atoms with E-state index < -0.39 is 51.1 Å². The molecule has 1 saturated heterocycles. The van der Waals surface area contributed by atoms with Crippen molar-refractivity contribution in [3.8, 4) is 0 Å². The lowest BCUT2D eigenvalue weighted by molar-refractivity contribution is -0.161. The van der Waals surface area contributed by atoms with Crippen molar-refractivity contribution in [2.45, 2.75) is 192 Å². The summed E-state index contributed by atoms with van der Waals surface area (Å²) in [6.07, 6.45) is 32.6. The van der Waals surface area contributed by atoms with E-state index >= 15 is 0 Å². The minimum Gasteiger partial charge on any atom is -0.480 e. The molecule has 308 valence electrons. The second-order valence-electron chi connectivity index (χ2n) is 14.1. The van der Waals surface area contributed by atoms with Crippen LogP contribution in [-0.4, -0.2) is 72.1 Å². The van der Waals surface area contributed by atoms with Gasteiger partial charge in [-0.2, -0.15) is 0 Å². The SMILES string of the molecule is CCCCC/C=C\CC1OC1CCCCCCCC(=O)OC[C@H](COP(=O)(O)OC[C@H](N)C(=O)O)OC(=O)CCCCCCC/C=C\CCCCCC. The van der Waals surface area contributed by atoms with Crippen LogP contribution in [0.1, 0.15) is 168 Å². The number of epoxide rings is 1. The number of phosphoric acid groups is 1. The van der Waals surface area contributed by atoms with E-state index in [-0.39, 0.29) is 19.4 Å². The first-order valence-electron chi connectivity index (χ1n) is 20.5. The molecule has 3 unspecified atom stereocenters. The molecule has 1 heterocycles. The van der Waals surface area contributed by atoms with Crippen molar-refractivity contribution in [2.24, 2.45) is 5.73 Å². The van der Waals surface area contributed by atoms with Crippen molar-refractivity contribution >= 4 is 25.7 Å². The Bertz CT molecular complexity index is 1070. The Balaban J connectivity index is 2.32. The number of carboxylic acids is 1. The van der Waals surface area contributed by atoms with Gasteiger partial charge in [0.05, 0.1) is 25.4 Å². The number of nitrogens with two attached hydrogens (primary N) is 1. The van der Waals surface area contributed by atoms with Crippen molar-refractivity contribution < 1.29 is 52.2 Å². The minimum absolute atomic E-state index is 0.145. The molecule has 13 heteroatoms. The van der Waals surface area contributed by atoms with Crippen LogP contribution in [0.5, 0.6) is 0 Å². The number of aliphatic carboxylic acids is 1. The number of ether oxygens (including phenoxy) is 3. The average Bonchev–Trinajstić information content (AvgIpc) is 3.89. The fourth-order valence-electron chi connectivity index (χ4n) is 5.71. The Kier molecular flexibility index (Phi) is 29.7. The molecule has 0 bridgehead atoms. The summed E-state index contributed by atoms with van der Waals surface area (Å²) in [5.41, 5.74) is 5.32. The van der Waals surface area contributed by atoms with Crippen LogP contribution in [0.15, 0.2) is 24.3 Å². The number of carbonyl (C=O) groups excluding carboxylic acids is 2. The maximum Gasteiger partial charge on any atom is 0.472 e. The van der Waals surface area contributed by atoms with Gasteiger partial charge in [-0.15, -0.1) is 0 Å². The van der Waals surface area contributed by atoms with Crippen molar-refractivity contribution in [2.75, 3.05) is 19.8 Å². The van der Waals surface area contributed by atoms with E-state index in [9.17, 15) is 23.8 Å². The van der Waals surface area contributed by atoms with Gasteiger partial charge in [-0.25, -0.2) is 4.57 Å². The number of carboxylic acid groups (broad SMARTS) is 1. The van der Waals surface area contributed by atoms with E-state index in [2.05, 4.69) is 42.7 Å². The molecule has 1 rings (SSSR count). The van der Waals surface area contributed by atoms with Crippen LogP contribution >= 0.6 is 7.82 Å². The maximum absolute atomic E-state index is 12.6. The molecule has 0 aromatic rings. The van der Waals surface area contributed by atoms with Crippen LogP contribution in [-0.2, 0) is 42.2 Å². The molecule has 5 atom stereocenters. The first kappa shape index (κ1) is 48.9. The summed E-state index contributed by atoms with van der Waals surface area (Å²) in [5, 5.41) is 8.87. The summed E-state index contributed by atoms with van der Waals surface area (Å²) < 4.78 is 38.4. The van der Waals surface area contributed by atoms with Gasteiger partial charge in [0.15, 0.2) is 6.10 Å². The number of carbonyl (C=O) groups is 3. The molecule has 1 aliphatic heterocycles. The Labute approximate surface area is 319 Å². The largest absolute Gasteiger partial charge is 0.480 e. The molecule has 0 radical (unpaired) electrons. The highest BCUT2D eigenvalue weighted by molar-refractivity contribution is 7.47. The fourth-order valence-corrected chi connectivity index (χ4v) is 6.49. The van der Waals surface area contributed by atoms with Crippen LogP contribution in [0.25, 0.3) is 0 Å². The van der Waals surface area contributed by atoms with Gasteiger partial charge in [0.1, 0.15) is 12.6 Å². The highest BCUT2D eigenvalue weighted by atomic mass is 31.2. The lowest BCUT2D eigenvalue weighted by Crippen LogP contribution is -2.34. The van der Waals surface area contributed by atoms with Gasteiger partial charge in [0.25, 0.3) is 0 Å². The standard InChI is InChI=1S/C40H72NO11P/c1-3-5-7-9-11-12-13-14-15-16-17-21-26-30-39(43)51-34(32-49-53(46,47)50-33-35(41)40(44)45)31-48-38(42)29-25-22-18-20-24-28-37-36(52-37)27-23-19-10-8-6-4-2/h12-13,19,23,34-37H,3-11,14-18,20-22,24-33,41H2,1-2H3,(H,44,45)(H,46,47)/b13-12-,23-19-/t34-,35+,36?,37?/m1/s1. The molecule has 0 aromatic carbocycles. The van der Waals surface area contributed by atoms with E-state index in [1.54, 1.807) is 0 Å². The van der Waals surface area contributed by atoms with Crippen LogP contribution in [0.2, 0.25) is 0 Å². The molecule has 1 aliphatic rings. The van der Waals surface area contributed by atoms with Gasteiger partial charge in [-0.3, -0.25) is 23.4 Å². The van der Waals surface area contributed by atoms with Crippen LogP contribution in [0.3, 0.4) is 0 Å². The normalized spacial score (nSPS) is 17.9. The van der Waals surface area contributed by atoms with Crippen molar-refractivity contribution in [1.82, 2.24) is 0 Å². The molecule has 12 nitrogen and oxygen atoms in total. The molecular weight excluding hydrogens is 701 g/mol. The number of allylic oxidation sites excluding steroid dienone is 3. The number of hydrogen-bond donors (Lipinski definition) is 3. The van der Waals surface area contributed by atoms with Gasteiger partial charge in [0, 0.05) is 12.8 Å². The first-order valence-corrected chi connectivity index (χ1v) is 22.0. The van der Waals surface area contributed by atoms with Crippen LogP contribution in [0, 0.1) is 0 Å². The van der Waals surface area contributed by atoms with Crippen molar-refractivity contribution in [3.05, 3.63) is 24.3 Å². The zero-order valence-electron chi connectivity index (χ0n) is 32.8. The van der Waals surface area contributed by atoms with Gasteiger partial charge >= 0.3 is 25.7 Å². The molecule has 0 saturated carbocycles. The third kappa shape index (κ3) is 29.9. The third-order valence-corrected chi connectivity index (χ3v) is 10.0. The number of hydrogen-bond acceptors (Lipinski definition) is 10. The van der Waals surface area contributed by atoms with E-state index in [0.717, 1.165) is 83.5 Å².